The summed E-state index contributed by atoms with van der Waals surface area (Å²) in [5.41, 5.74) is 3.07. The zero-order chi connectivity index (χ0) is 13.4. The first-order chi connectivity index (χ1) is 7.64. The van der Waals surface area contributed by atoms with Crippen LogP contribution in [0.1, 0.15) is 12.8 Å². The molecule has 5 nitrogen and oxygen atoms in total. The number of rotatable bonds is 2. The second kappa shape index (κ2) is 4.36. The average Bonchev–Trinajstić information content (AvgIpc) is 2.45. The fourth-order valence-electron chi connectivity index (χ4n) is 1.87. The summed E-state index contributed by atoms with van der Waals surface area (Å²) in [4.78, 5) is 21.2. The lowest BCUT2D eigenvalue weighted by Gasteiger charge is -2.13. The minimum absolute atomic E-state index is 0.183. The molecule has 2 atom stereocenters. The van der Waals surface area contributed by atoms with Gasteiger partial charge in [-0.2, -0.15) is 13.2 Å². The molecule has 4 N–H and O–H groups in total. The highest BCUT2D eigenvalue weighted by atomic mass is 19.4. The molecule has 0 spiro atoms. The van der Waals surface area contributed by atoms with Gasteiger partial charge in [0.15, 0.2) is 0 Å². The van der Waals surface area contributed by atoms with Crippen LogP contribution in [0.3, 0.4) is 0 Å². The molecule has 0 aromatic heterocycles. The summed E-state index contributed by atoms with van der Waals surface area (Å²) >= 11 is 0. The predicted octanol–water partition coefficient (Wildman–Crippen LogP) is 0.752. The number of alkyl halides is 3. The molecule has 0 saturated heterocycles. The first-order valence-electron chi connectivity index (χ1n) is 4.66. The Morgan fingerprint density at radius 1 is 1.29 bits per heavy atom. The lowest BCUT2D eigenvalue weighted by Crippen LogP contribution is -2.27. The van der Waals surface area contributed by atoms with E-state index in [-0.39, 0.29) is 6.42 Å². The van der Waals surface area contributed by atoms with Gasteiger partial charge in [0, 0.05) is 6.04 Å². The number of aliphatic carboxylic acids is 2. The Labute approximate surface area is 93.7 Å². The Hall–Kier alpha value is -1.57. The molecular weight excluding hydrogens is 243 g/mol. The lowest BCUT2D eigenvalue weighted by molar-refractivity contribution is -0.146. The largest absolute Gasteiger partial charge is 0.481 e. The number of hydrogen-bond acceptors (Lipinski definition) is 3. The van der Waals surface area contributed by atoms with Gasteiger partial charge in [-0.15, -0.1) is 0 Å². The number of nitrogens with two attached hydrogens (primary N) is 1. The maximum atomic E-state index is 12.5. The molecule has 1 aliphatic carbocycles. The van der Waals surface area contributed by atoms with Gasteiger partial charge in [0.05, 0.1) is 5.92 Å². The number of carboxylic acid groups (broad SMARTS) is 2. The Morgan fingerprint density at radius 3 is 2.12 bits per heavy atom. The molecule has 8 heteroatoms. The quantitative estimate of drug-likeness (QED) is 0.630. The van der Waals surface area contributed by atoms with Crippen LogP contribution in [-0.2, 0) is 9.59 Å². The van der Waals surface area contributed by atoms with E-state index in [2.05, 4.69) is 0 Å². The molecule has 0 aliphatic heterocycles. The Morgan fingerprint density at radius 2 is 1.82 bits per heavy atom. The number of carbonyl (C=O) groups is 2. The molecule has 0 bridgehead atoms. The number of carboxylic acids is 2. The smallest absolute Gasteiger partial charge is 0.423 e. The normalized spacial score (nSPS) is 28.0. The van der Waals surface area contributed by atoms with Crippen molar-refractivity contribution in [2.75, 3.05) is 0 Å². The van der Waals surface area contributed by atoms with Crippen LogP contribution < -0.4 is 5.73 Å². The van der Waals surface area contributed by atoms with Crippen LogP contribution in [-0.4, -0.2) is 34.4 Å². The Kier molecular flexibility index (Phi) is 3.46. The van der Waals surface area contributed by atoms with E-state index in [1.54, 1.807) is 0 Å². The van der Waals surface area contributed by atoms with Crippen molar-refractivity contribution in [2.45, 2.75) is 25.1 Å². The molecule has 17 heavy (non-hydrogen) atoms. The highest BCUT2D eigenvalue weighted by Crippen LogP contribution is 2.38. The van der Waals surface area contributed by atoms with Gasteiger partial charge in [0.1, 0.15) is 5.57 Å². The molecule has 0 amide bonds. The van der Waals surface area contributed by atoms with Crippen molar-refractivity contribution in [3.05, 3.63) is 11.1 Å². The van der Waals surface area contributed by atoms with E-state index in [4.69, 9.17) is 15.9 Å². The van der Waals surface area contributed by atoms with Crippen LogP contribution in [0.4, 0.5) is 13.2 Å². The molecule has 1 aliphatic rings. The maximum absolute atomic E-state index is 12.5. The van der Waals surface area contributed by atoms with Crippen LogP contribution in [0, 0.1) is 5.92 Å². The Balaban J connectivity index is 3.18. The third-order valence-corrected chi connectivity index (χ3v) is 2.62. The van der Waals surface area contributed by atoms with E-state index < -0.39 is 47.6 Å². The first-order valence-corrected chi connectivity index (χ1v) is 4.66. The molecule has 0 unspecified atom stereocenters. The standard InChI is InChI=1S/C9H10F3NO4/c10-9(11,12)6(8(16)17)4-1-3(7(14)15)2-5(4)13/h3,5H,1-2,13H2,(H,14,15)(H,16,17)/b6-4-/t3-,5-/m0/s1. The summed E-state index contributed by atoms with van der Waals surface area (Å²) in [6.07, 6.45) is -5.69. The van der Waals surface area contributed by atoms with E-state index in [1.165, 1.54) is 0 Å². The van der Waals surface area contributed by atoms with Crippen molar-refractivity contribution >= 4 is 11.9 Å². The number of hydrogen-bond donors (Lipinski definition) is 3. The molecule has 1 rings (SSSR count). The first kappa shape index (κ1) is 13.5. The van der Waals surface area contributed by atoms with Crippen LogP contribution in [0.15, 0.2) is 11.1 Å². The third-order valence-electron chi connectivity index (χ3n) is 2.62. The van der Waals surface area contributed by atoms with Crippen LogP contribution >= 0.6 is 0 Å². The summed E-state index contributed by atoms with van der Waals surface area (Å²) in [5, 5.41) is 17.2. The zero-order valence-electron chi connectivity index (χ0n) is 8.49. The van der Waals surface area contributed by atoms with Gasteiger partial charge in [-0.3, -0.25) is 4.79 Å². The second-order valence-corrected chi connectivity index (χ2v) is 3.78. The van der Waals surface area contributed by atoms with Gasteiger partial charge >= 0.3 is 18.1 Å². The predicted molar refractivity (Wildman–Crippen MR) is 49.1 cm³/mol. The summed E-state index contributed by atoms with van der Waals surface area (Å²) in [6.45, 7) is 0. The average molecular weight is 253 g/mol. The lowest BCUT2D eigenvalue weighted by atomic mass is 10.0. The van der Waals surface area contributed by atoms with Crippen LogP contribution in [0.5, 0.6) is 0 Å². The van der Waals surface area contributed by atoms with Crippen molar-refractivity contribution in [1.82, 2.24) is 0 Å². The summed E-state index contributed by atoms with van der Waals surface area (Å²) in [7, 11) is 0. The van der Waals surface area contributed by atoms with Crippen molar-refractivity contribution in [3.8, 4) is 0 Å². The van der Waals surface area contributed by atoms with Crippen molar-refractivity contribution < 1.29 is 33.0 Å². The molecule has 0 aromatic carbocycles. The van der Waals surface area contributed by atoms with Crippen LogP contribution in [0.2, 0.25) is 0 Å². The van der Waals surface area contributed by atoms with Crippen LogP contribution in [0.25, 0.3) is 0 Å². The molecule has 0 aromatic rings. The third kappa shape index (κ3) is 2.76. The van der Waals surface area contributed by atoms with Gasteiger partial charge in [-0.05, 0) is 18.4 Å². The Bertz CT molecular complexity index is 388. The SMILES string of the molecule is N[C@H]1C[C@@H](C(=O)O)C/C1=C(\C(=O)O)C(F)(F)F. The maximum Gasteiger partial charge on any atom is 0.423 e. The van der Waals surface area contributed by atoms with E-state index in [9.17, 15) is 22.8 Å². The second-order valence-electron chi connectivity index (χ2n) is 3.78. The molecule has 1 saturated carbocycles. The summed E-state index contributed by atoms with van der Waals surface area (Å²) in [5.74, 6) is -4.46. The summed E-state index contributed by atoms with van der Waals surface area (Å²) < 4.78 is 37.4. The fraction of sp³-hybridized carbons (Fsp3) is 0.556. The van der Waals surface area contributed by atoms with Crippen molar-refractivity contribution in [1.29, 1.82) is 0 Å². The monoisotopic (exact) mass is 253 g/mol. The van der Waals surface area contributed by atoms with Crippen molar-refractivity contribution in [3.63, 3.8) is 0 Å². The van der Waals surface area contributed by atoms with E-state index in [1.807, 2.05) is 0 Å². The molecule has 0 heterocycles. The van der Waals surface area contributed by atoms with E-state index in [0.29, 0.717) is 0 Å². The molecule has 0 radical (unpaired) electrons. The number of halogens is 3. The molecule has 1 fully saturated rings. The highest BCUT2D eigenvalue weighted by molar-refractivity contribution is 5.89. The topological polar surface area (TPSA) is 101 Å². The highest BCUT2D eigenvalue weighted by Gasteiger charge is 2.45. The van der Waals surface area contributed by atoms with Gasteiger partial charge in [-0.25, -0.2) is 4.79 Å². The minimum Gasteiger partial charge on any atom is -0.481 e. The van der Waals surface area contributed by atoms with Gasteiger partial charge < -0.3 is 15.9 Å². The molecular formula is C9H10F3NO4. The fourth-order valence-corrected chi connectivity index (χ4v) is 1.87. The van der Waals surface area contributed by atoms with Crippen molar-refractivity contribution in [2.24, 2.45) is 11.7 Å². The minimum atomic E-state index is -5.04. The summed E-state index contributed by atoms with van der Waals surface area (Å²) in [6, 6.07) is -1.18. The molecule has 96 valence electrons. The van der Waals surface area contributed by atoms with E-state index >= 15 is 0 Å². The van der Waals surface area contributed by atoms with Gasteiger partial charge in [0.25, 0.3) is 0 Å². The zero-order valence-corrected chi connectivity index (χ0v) is 8.49. The van der Waals surface area contributed by atoms with Gasteiger partial charge in [-0.1, -0.05) is 0 Å². The van der Waals surface area contributed by atoms with E-state index in [0.717, 1.165) is 0 Å². The van der Waals surface area contributed by atoms with Gasteiger partial charge in [0.2, 0.25) is 0 Å².